The number of phenolic OH excluding ortho intramolecular Hbond substituents is 1. The van der Waals surface area contributed by atoms with E-state index in [0.717, 1.165) is 0 Å². The summed E-state index contributed by atoms with van der Waals surface area (Å²) in [7, 11) is 0. The highest BCUT2D eigenvalue weighted by atomic mass is 32.2. The first-order valence-electron chi connectivity index (χ1n) is 27.5. The van der Waals surface area contributed by atoms with Crippen LogP contribution < -0.4 is 82.3 Å². The zero-order chi connectivity index (χ0) is 64.1. The van der Waals surface area contributed by atoms with Crippen molar-refractivity contribution >= 4 is 101 Å². The van der Waals surface area contributed by atoms with Gasteiger partial charge in [-0.3, -0.25) is 62.7 Å². The Morgan fingerprint density at radius 1 is 0.500 bits per heavy atom. The van der Waals surface area contributed by atoms with Crippen molar-refractivity contribution in [1.29, 1.82) is 0 Å². The van der Waals surface area contributed by atoms with Crippen LogP contribution in [0.15, 0.2) is 64.6 Å². The number of carbonyl (C=O) groups is 11. The summed E-state index contributed by atoms with van der Waals surface area (Å²) in [5.74, 6) is -11.2. The van der Waals surface area contributed by atoms with Gasteiger partial charge in [0, 0.05) is 38.1 Å². The number of nitrogens with zero attached hydrogens (tertiary/aromatic N) is 2. The van der Waals surface area contributed by atoms with Gasteiger partial charge in [-0.05, 0) is 99.6 Å². The number of carboxylic acids is 2. The van der Waals surface area contributed by atoms with E-state index < -0.39 is 139 Å². The Morgan fingerprint density at radius 2 is 0.907 bits per heavy atom. The van der Waals surface area contributed by atoms with E-state index >= 15 is 0 Å². The summed E-state index contributed by atoms with van der Waals surface area (Å²) in [6.45, 7) is -1.05. The molecule has 0 saturated carbocycles. The fraction of sp³-hybridized carbons (Fsp3) is 0.528. The first kappa shape index (κ1) is 73.7. The van der Waals surface area contributed by atoms with Crippen molar-refractivity contribution in [2.24, 2.45) is 44.4 Å². The van der Waals surface area contributed by atoms with Crippen LogP contribution in [0.5, 0.6) is 5.75 Å². The highest BCUT2D eigenvalue weighted by Gasteiger charge is 2.35. The molecule has 33 heteroatoms. The lowest BCUT2D eigenvalue weighted by Gasteiger charge is -2.28. The third kappa shape index (κ3) is 29.9. The summed E-state index contributed by atoms with van der Waals surface area (Å²) in [5.41, 5.74) is 34.5. The third-order valence-corrected chi connectivity index (χ3v) is 13.6. The quantitative estimate of drug-likeness (QED) is 0.0128. The number of hydrogen-bond donors (Lipinski definition) is 19. The van der Waals surface area contributed by atoms with E-state index in [-0.39, 0.29) is 101 Å². The van der Waals surface area contributed by atoms with Crippen molar-refractivity contribution in [2.45, 2.75) is 125 Å². The maximum absolute atomic E-state index is 14.7. The monoisotopic (exact) mass is 1250 g/mol. The summed E-state index contributed by atoms with van der Waals surface area (Å²) < 4.78 is 0. The average Bonchev–Trinajstić information content (AvgIpc) is 3.24. The molecule has 0 aliphatic carbocycles. The number of phenols is 1. The van der Waals surface area contributed by atoms with Crippen LogP contribution in [-0.2, 0) is 65.6 Å². The normalized spacial score (nSPS) is 13.6. The van der Waals surface area contributed by atoms with Gasteiger partial charge in [0.1, 0.15) is 60.6 Å². The number of hydrogen-bond acceptors (Lipinski definition) is 18. The molecule has 0 radical (unpaired) electrons. The van der Waals surface area contributed by atoms with Crippen molar-refractivity contribution in [2.75, 3.05) is 50.5 Å². The number of unbranched alkanes of at least 4 members (excludes halogenated alkanes) is 1. The van der Waals surface area contributed by atoms with E-state index in [0.29, 0.717) is 23.3 Å². The van der Waals surface area contributed by atoms with Crippen molar-refractivity contribution in [3.05, 3.63) is 65.7 Å². The number of nitrogens with two attached hydrogens (primary N) is 6. The van der Waals surface area contributed by atoms with Crippen LogP contribution in [-0.4, -0.2) is 191 Å². The minimum atomic E-state index is -1.55. The third-order valence-electron chi connectivity index (χ3n) is 12.6. The van der Waals surface area contributed by atoms with E-state index in [9.17, 15) is 63.0 Å². The zero-order valence-corrected chi connectivity index (χ0v) is 49.5. The summed E-state index contributed by atoms with van der Waals surface area (Å²) >= 11 is 5.60. The molecule has 31 nitrogen and oxygen atoms in total. The van der Waals surface area contributed by atoms with Crippen LogP contribution in [0.3, 0.4) is 0 Å². The highest BCUT2D eigenvalue weighted by molar-refractivity contribution is 7.98. The molecule has 0 spiro atoms. The molecular formula is C53H83N17O14S2. The Kier molecular flexibility index (Phi) is 34.9. The number of aromatic hydroxyl groups is 1. The fourth-order valence-corrected chi connectivity index (χ4v) is 8.85. The van der Waals surface area contributed by atoms with Gasteiger partial charge in [0.15, 0.2) is 11.9 Å². The number of aliphatic carboxylic acids is 2. The van der Waals surface area contributed by atoms with Gasteiger partial charge in [0.25, 0.3) is 0 Å². The van der Waals surface area contributed by atoms with Crippen LogP contribution >= 0.6 is 24.4 Å². The predicted molar refractivity (Wildman–Crippen MR) is 324 cm³/mol. The van der Waals surface area contributed by atoms with Gasteiger partial charge in [-0.25, -0.2) is 0 Å². The number of carboxylic acid groups (broad SMARTS) is 2. The minimum Gasteiger partial charge on any atom is -0.508 e. The maximum atomic E-state index is 14.7. The van der Waals surface area contributed by atoms with Crippen LogP contribution in [0.2, 0.25) is 0 Å². The zero-order valence-electron chi connectivity index (χ0n) is 47.8. The lowest BCUT2D eigenvalue weighted by Crippen LogP contribution is -2.61. The second-order valence-corrected chi connectivity index (χ2v) is 20.9. The second kappa shape index (κ2) is 40.8. The first-order chi connectivity index (χ1) is 40.9. The number of amides is 9. The van der Waals surface area contributed by atoms with E-state index in [1.165, 1.54) is 36.0 Å². The smallest absolute Gasteiger partial charge is 0.322 e. The number of benzene rings is 2. The Balaban J connectivity index is 2.64. The molecule has 0 heterocycles. The number of rotatable bonds is 42. The molecule has 0 bridgehead atoms. The average molecular weight is 1250 g/mol. The molecule has 0 aliphatic heterocycles. The van der Waals surface area contributed by atoms with E-state index in [2.05, 4.69) is 70.5 Å². The Labute approximate surface area is 507 Å². The minimum absolute atomic E-state index is 0.0275. The molecule has 476 valence electrons. The van der Waals surface area contributed by atoms with Crippen LogP contribution in [0.1, 0.15) is 75.3 Å². The van der Waals surface area contributed by atoms with E-state index in [4.69, 9.17) is 39.5 Å². The Bertz CT molecular complexity index is 2620. The summed E-state index contributed by atoms with van der Waals surface area (Å²) in [5, 5.41) is 51.2. The molecule has 86 heavy (non-hydrogen) atoms. The largest absolute Gasteiger partial charge is 0.508 e. The summed E-state index contributed by atoms with van der Waals surface area (Å²) in [4.78, 5) is 156. The Morgan fingerprint density at radius 3 is 1.33 bits per heavy atom. The lowest BCUT2D eigenvalue weighted by atomic mass is 10.0. The van der Waals surface area contributed by atoms with Crippen LogP contribution in [0.25, 0.3) is 0 Å². The predicted octanol–water partition coefficient (Wildman–Crippen LogP) is -5.00. The summed E-state index contributed by atoms with van der Waals surface area (Å²) in [6, 6.07) is 2.69. The van der Waals surface area contributed by atoms with Gasteiger partial charge in [-0.15, -0.1) is 0 Å². The molecule has 2 aromatic rings. The van der Waals surface area contributed by atoms with E-state index in [1.54, 1.807) is 36.6 Å². The number of guanidine groups is 2. The molecule has 2 aromatic carbocycles. The molecule has 0 aromatic heterocycles. The molecule has 0 unspecified atom stereocenters. The topological polar surface area (TPSA) is 538 Å². The number of nitrogens with one attached hydrogen (secondary N) is 9. The van der Waals surface area contributed by atoms with Crippen molar-refractivity contribution in [3.63, 3.8) is 0 Å². The van der Waals surface area contributed by atoms with Gasteiger partial charge < -0.3 is 97.6 Å². The van der Waals surface area contributed by atoms with Crippen LogP contribution in [0.4, 0.5) is 0 Å². The lowest BCUT2D eigenvalue weighted by molar-refractivity contribution is -0.140. The molecule has 0 saturated heterocycles. The second-order valence-electron chi connectivity index (χ2n) is 19.5. The molecule has 0 fully saturated rings. The molecule has 0 aliphatic rings. The molecular weight excluding hydrogens is 1160 g/mol. The number of aliphatic imine (C=N–C) groups is 2. The van der Waals surface area contributed by atoms with Gasteiger partial charge in [-0.1, -0.05) is 42.5 Å². The van der Waals surface area contributed by atoms with Crippen molar-refractivity contribution < 1.29 is 68.1 Å². The standard InChI is InChI=1S/C53H83N17O14S2/c1-86-24-20-37(63-41(72)27-55)48(81)64-34(12-7-22-60-52(56)57)45(78)68-38(25-30-9-3-2-4-10-30)49(82)66-35(13-8-23-61-53(58)59)46(79)69-39(26-31-14-16-32(71)17-15-31)50(83)65-33(11-5-6-21-54)47(80)70-40(29-85)51(84)67-36(18-19-42(73)74)44(77)62-28-43(75)76/h2-4,9-10,14-17,33-40,71,85H,5-8,11-13,18-29,54-55H2,1H3,(H,62,77)(H,63,72)(H,64,81)(H,65,83)(H,66,82)(H,67,84)(H,68,78)(H,69,79)(H,70,80)(H,73,74)(H,75,76)(H4,56,57,60)(H4,58,59,61)/t33-,34-,35-,36-,37-,38-,39-,40-/m0/s1. The molecule has 9 amide bonds. The SMILES string of the molecule is CSCC[C@H](NC(=O)CN)C(=O)N[C@@H](CCCN=C(N)N)C(=O)N[C@@H](Cc1ccccc1)C(=O)N[C@@H](CCCN=C(N)N)C(=O)N[C@@H](Cc1ccc(O)cc1)C(=O)N[C@@H](CCCCN)C(=O)N[C@@H](CS)C(=O)N[C@@H](CCC(=O)O)C(=O)NCC(=O)O. The highest BCUT2D eigenvalue weighted by Crippen LogP contribution is 2.15. The van der Waals surface area contributed by atoms with Crippen molar-refractivity contribution in [1.82, 2.24) is 47.9 Å². The summed E-state index contributed by atoms with van der Waals surface area (Å²) in [6.07, 6.45) is 1.06. The molecule has 2 rings (SSSR count). The fourth-order valence-electron chi connectivity index (χ4n) is 8.12. The number of thiol groups is 1. The number of carbonyl (C=O) groups excluding carboxylic acids is 9. The van der Waals surface area contributed by atoms with Gasteiger partial charge in [0.05, 0.1) is 6.54 Å². The number of thioether (sulfide) groups is 1. The van der Waals surface area contributed by atoms with Crippen LogP contribution in [0, 0.1) is 0 Å². The molecule has 24 N–H and O–H groups in total. The van der Waals surface area contributed by atoms with Crippen molar-refractivity contribution in [3.8, 4) is 5.75 Å². The maximum Gasteiger partial charge on any atom is 0.322 e. The van der Waals surface area contributed by atoms with Gasteiger partial charge >= 0.3 is 11.9 Å². The van der Waals surface area contributed by atoms with Gasteiger partial charge in [0.2, 0.25) is 53.2 Å². The molecule has 8 atom stereocenters. The Hall–Kier alpha value is -8.43. The first-order valence-corrected chi connectivity index (χ1v) is 29.5. The van der Waals surface area contributed by atoms with E-state index in [1.807, 2.05) is 0 Å². The van der Waals surface area contributed by atoms with Gasteiger partial charge in [-0.2, -0.15) is 24.4 Å².